The van der Waals surface area contributed by atoms with Gasteiger partial charge in [0, 0.05) is 9.81 Å². The van der Waals surface area contributed by atoms with E-state index in [-0.39, 0.29) is 0 Å². The van der Waals surface area contributed by atoms with E-state index in [1.165, 1.54) is 11.3 Å². The maximum atomic E-state index is 5.36. The number of hydrogen-bond acceptors (Lipinski definition) is 3. The molecule has 0 spiro atoms. The van der Waals surface area contributed by atoms with Gasteiger partial charge in [0.05, 0.1) is 5.69 Å². The molecule has 0 saturated carbocycles. The Hall–Kier alpha value is 0.160. The average Bonchev–Trinajstić information content (AvgIpc) is 2.14. The quantitative estimate of drug-likeness (QED) is 0.598. The van der Waals surface area contributed by atoms with Crippen LogP contribution in [0.1, 0.15) is 5.69 Å². The van der Waals surface area contributed by atoms with Gasteiger partial charge in [-0.3, -0.25) is 0 Å². The van der Waals surface area contributed by atoms with Crippen molar-refractivity contribution in [2.75, 3.05) is 5.73 Å². The Balaban J connectivity index is 2.84. The Morgan fingerprint density at radius 3 is 2.88 bits per heavy atom. The Morgan fingerprint density at radius 1 is 1.88 bits per heavy atom. The SMILES string of the molecule is Nc1nc(CI)cs1. The Morgan fingerprint density at radius 2 is 2.62 bits per heavy atom. The predicted octanol–water partition coefficient (Wildman–Crippen LogP) is 1.66. The lowest BCUT2D eigenvalue weighted by Gasteiger charge is -1.78. The summed E-state index contributed by atoms with van der Waals surface area (Å²) in [6.07, 6.45) is 0. The van der Waals surface area contributed by atoms with Gasteiger partial charge in [-0.2, -0.15) is 0 Å². The van der Waals surface area contributed by atoms with Gasteiger partial charge in [0.2, 0.25) is 0 Å². The maximum absolute atomic E-state index is 5.36. The number of anilines is 1. The largest absolute Gasteiger partial charge is 0.375 e. The third-order valence-corrected chi connectivity index (χ3v) is 2.21. The van der Waals surface area contributed by atoms with Gasteiger partial charge in [0.25, 0.3) is 0 Å². The summed E-state index contributed by atoms with van der Waals surface area (Å²) in [5.74, 6) is 0. The van der Waals surface area contributed by atoms with Gasteiger partial charge >= 0.3 is 0 Å². The minimum Gasteiger partial charge on any atom is -0.375 e. The molecule has 1 rings (SSSR count). The van der Waals surface area contributed by atoms with E-state index in [0.29, 0.717) is 5.13 Å². The third kappa shape index (κ3) is 1.32. The Bertz CT molecular complexity index is 174. The van der Waals surface area contributed by atoms with Crippen molar-refractivity contribution in [1.82, 2.24) is 4.98 Å². The van der Waals surface area contributed by atoms with Gasteiger partial charge < -0.3 is 5.73 Å². The topological polar surface area (TPSA) is 38.9 Å². The highest BCUT2D eigenvalue weighted by Crippen LogP contribution is 2.12. The zero-order valence-electron chi connectivity index (χ0n) is 4.10. The zero-order valence-corrected chi connectivity index (χ0v) is 7.07. The lowest BCUT2D eigenvalue weighted by Crippen LogP contribution is -1.82. The highest BCUT2D eigenvalue weighted by molar-refractivity contribution is 14.1. The molecule has 8 heavy (non-hydrogen) atoms. The fourth-order valence-electron chi connectivity index (χ4n) is 0.384. The first-order valence-electron chi connectivity index (χ1n) is 2.09. The highest BCUT2D eigenvalue weighted by Gasteiger charge is 1.92. The van der Waals surface area contributed by atoms with Crippen molar-refractivity contribution < 1.29 is 0 Å². The van der Waals surface area contributed by atoms with E-state index >= 15 is 0 Å². The van der Waals surface area contributed by atoms with Gasteiger partial charge in [-0.1, -0.05) is 22.6 Å². The van der Waals surface area contributed by atoms with Crippen LogP contribution in [0.25, 0.3) is 0 Å². The Kier molecular flexibility index (Phi) is 2.07. The fourth-order valence-corrected chi connectivity index (χ4v) is 1.64. The van der Waals surface area contributed by atoms with Crippen LogP contribution in [-0.2, 0) is 4.43 Å². The minimum atomic E-state index is 0.664. The predicted molar refractivity (Wildman–Crippen MR) is 44.3 cm³/mol. The van der Waals surface area contributed by atoms with Crippen LogP contribution in [0.5, 0.6) is 0 Å². The molecule has 2 N–H and O–H groups in total. The molecule has 0 atom stereocenters. The summed E-state index contributed by atoms with van der Waals surface area (Å²) in [4.78, 5) is 4.02. The number of aromatic nitrogens is 1. The summed E-state index contributed by atoms with van der Waals surface area (Å²) in [6.45, 7) is 0. The van der Waals surface area contributed by atoms with Gasteiger partial charge in [-0.15, -0.1) is 11.3 Å². The van der Waals surface area contributed by atoms with Crippen LogP contribution in [-0.4, -0.2) is 4.98 Å². The van der Waals surface area contributed by atoms with Crippen LogP contribution in [0.4, 0.5) is 5.13 Å². The van der Waals surface area contributed by atoms with Crippen molar-refractivity contribution in [3.05, 3.63) is 11.1 Å². The number of rotatable bonds is 1. The van der Waals surface area contributed by atoms with Crippen molar-refractivity contribution in [2.24, 2.45) is 0 Å². The number of hydrogen-bond donors (Lipinski definition) is 1. The lowest BCUT2D eigenvalue weighted by molar-refractivity contribution is 1.26. The van der Waals surface area contributed by atoms with Crippen LogP contribution in [0.2, 0.25) is 0 Å². The molecule has 0 aliphatic heterocycles. The monoisotopic (exact) mass is 240 g/mol. The molecule has 2 nitrogen and oxygen atoms in total. The van der Waals surface area contributed by atoms with Gasteiger partial charge in [0.1, 0.15) is 0 Å². The van der Waals surface area contributed by atoms with Gasteiger partial charge in [-0.05, 0) is 0 Å². The van der Waals surface area contributed by atoms with Crippen LogP contribution in [0.15, 0.2) is 5.38 Å². The minimum absolute atomic E-state index is 0.664. The summed E-state index contributed by atoms with van der Waals surface area (Å²) >= 11 is 3.75. The second-order valence-electron chi connectivity index (χ2n) is 1.31. The van der Waals surface area contributed by atoms with Gasteiger partial charge in [-0.25, -0.2) is 4.98 Å². The number of alkyl halides is 1. The molecule has 44 valence electrons. The van der Waals surface area contributed by atoms with Gasteiger partial charge in [0.15, 0.2) is 5.13 Å². The number of thiazole rings is 1. The van der Waals surface area contributed by atoms with Crippen LogP contribution < -0.4 is 5.73 Å². The molecule has 0 saturated heterocycles. The van der Waals surface area contributed by atoms with E-state index in [4.69, 9.17) is 5.73 Å². The zero-order chi connectivity index (χ0) is 5.98. The number of nitrogens with two attached hydrogens (primary N) is 1. The molecule has 0 bridgehead atoms. The van der Waals surface area contributed by atoms with Crippen LogP contribution in [0.3, 0.4) is 0 Å². The summed E-state index contributed by atoms with van der Waals surface area (Å²) in [5, 5.41) is 2.64. The molecule has 0 amide bonds. The fraction of sp³-hybridized carbons (Fsp3) is 0.250. The summed E-state index contributed by atoms with van der Waals surface area (Å²) < 4.78 is 0.950. The van der Waals surface area contributed by atoms with Crippen LogP contribution in [0, 0.1) is 0 Å². The second-order valence-corrected chi connectivity index (χ2v) is 2.96. The van der Waals surface area contributed by atoms with E-state index < -0.39 is 0 Å². The molecule has 1 aromatic rings. The van der Waals surface area contributed by atoms with E-state index in [2.05, 4.69) is 27.6 Å². The van der Waals surface area contributed by atoms with Crippen molar-refractivity contribution >= 4 is 39.1 Å². The first kappa shape index (κ1) is 6.28. The highest BCUT2D eigenvalue weighted by atomic mass is 127. The van der Waals surface area contributed by atoms with Crippen molar-refractivity contribution in [1.29, 1.82) is 0 Å². The molecule has 1 aromatic heterocycles. The molecule has 0 aromatic carbocycles. The summed E-state index contributed by atoms with van der Waals surface area (Å²) in [6, 6.07) is 0. The first-order chi connectivity index (χ1) is 3.83. The molecule has 0 radical (unpaired) electrons. The van der Waals surface area contributed by atoms with E-state index in [0.717, 1.165) is 10.1 Å². The standard InChI is InChI=1S/C4H5IN2S/c5-1-3-2-8-4(6)7-3/h2H,1H2,(H2,6,7). The smallest absolute Gasteiger partial charge is 0.180 e. The van der Waals surface area contributed by atoms with Crippen molar-refractivity contribution in [3.63, 3.8) is 0 Å². The normalized spacial score (nSPS) is 9.62. The number of nitrogen functional groups attached to an aromatic ring is 1. The summed E-state index contributed by atoms with van der Waals surface area (Å²) in [7, 11) is 0. The molecule has 0 unspecified atom stereocenters. The maximum Gasteiger partial charge on any atom is 0.180 e. The number of nitrogens with zero attached hydrogens (tertiary/aromatic N) is 1. The van der Waals surface area contributed by atoms with E-state index in [9.17, 15) is 0 Å². The first-order valence-corrected chi connectivity index (χ1v) is 4.49. The van der Waals surface area contributed by atoms with Crippen LogP contribution >= 0.6 is 33.9 Å². The molecule has 0 fully saturated rings. The molecular formula is C4H5IN2S. The van der Waals surface area contributed by atoms with E-state index in [1.807, 2.05) is 5.38 Å². The molecular weight excluding hydrogens is 235 g/mol. The van der Waals surface area contributed by atoms with Crippen molar-refractivity contribution in [2.45, 2.75) is 4.43 Å². The molecule has 4 heteroatoms. The number of halogens is 1. The second kappa shape index (κ2) is 2.63. The molecule has 0 aliphatic rings. The average molecular weight is 240 g/mol. The molecule has 0 aliphatic carbocycles. The third-order valence-electron chi connectivity index (χ3n) is 0.706. The lowest BCUT2D eigenvalue weighted by atomic mass is 10.6. The molecule has 1 heterocycles. The van der Waals surface area contributed by atoms with Crippen molar-refractivity contribution in [3.8, 4) is 0 Å². The summed E-state index contributed by atoms with van der Waals surface area (Å²) in [5.41, 5.74) is 6.44. The van der Waals surface area contributed by atoms with E-state index in [1.54, 1.807) is 0 Å². The Labute approximate surface area is 65.3 Å².